The SMILES string of the molecule is CC(C)c1c(CCP(=O)(O)C[C@@H](O)CC(=O)O)n(-c2ccc(F)cc2)c2ccccc12. The Morgan fingerprint density at radius 3 is 2.39 bits per heavy atom. The van der Waals surface area contributed by atoms with Gasteiger partial charge in [-0.05, 0) is 48.2 Å². The maximum absolute atomic E-state index is 13.5. The zero-order chi connectivity index (χ0) is 22.8. The van der Waals surface area contributed by atoms with E-state index in [0.29, 0.717) is 0 Å². The molecule has 0 amide bonds. The quantitative estimate of drug-likeness (QED) is 0.418. The van der Waals surface area contributed by atoms with Crippen LogP contribution in [0.25, 0.3) is 16.6 Å². The van der Waals surface area contributed by atoms with Crippen LogP contribution in [0.15, 0.2) is 48.5 Å². The molecule has 3 N–H and O–H groups in total. The Balaban J connectivity index is 2.03. The third kappa shape index (κ3) is 5.42. The van der Waals surface area contributed by atoms with Gasteiger partial charge in [0, 0.05) is 22.9 Å². The predicted octanol–water partition coefficient (Wildman–Crippen LogP) is 4.54. The number of halogens is 1. The molecule has 0 aliphatic rings. The van der Waals surface area contributed by atoms with E-state index < -0.39 is 32.0 Å². The van der Waals surface area contributed by atoms with Crippen molar-refractivity contribution in [3.8, 4) is 5.69 Å². The number of aromatic nitrogens is 1. The van der Waals surface area contributed by atoms with Crippen molar-refractivity contribution in [2.75, 3.05) is 12.3 Å². The van der Waals surface area contributed by atoms with Gasteiger partial charge < -0.3 is 19.7 Å². The fourth-order valence-electron chi connectivity index (χ4n) is 4.06. The van der Waals surface area contributed by atoms with E-state index in [0.717, 1.165) is 27.8 Å². The molecule has 8 heteroatoms. The molecule has 2 atom stereocenters. The average Bonchev–Trinajstić information content (AvgIpc) is 3.00. The Hall–Kier alpha value is -2.47. The van der Waals surface area contributed by atoms with E-state index >= 15 is 0 Å². The van der Waals surface area contributed by atoms with Crippen molar-refractivity contribution in [1.29, 1.82) is 0 Å². The fraction of sp³-hybridized carbons (Fsp3) is 0.348. The van der Waals surface area contributed by atoms with Gasteiger partial charge in [0.2, 0.25) is 7.37 Å². The van der Waals surface area contributed by atoms with Crippen molar-refractivity contribution >= 4 is 24.2 Å². The molecule has 1 heterocycles. The van der Waals surface area contributed by atoms with Crippen LogP contribution < -0.4 is 0 Å². The Morgan fingerprint density at radius 1 is 1.13 bits per heavy atom. The molecule has 1 unspecified atom stereocenters. The molecule has 31 heavy (non-hydrogen) atoms. The van der Waals surface area contributed by atoms with Crippen LogP contribution in [0, 0.1) is 5.82 Å². The number of aliphatic carboxylic acids is 1. The average molecular weight is 447 g/mol. The third-order valence-electron chi connectivity index (χ3n) is 5.28. The van der Waals surface area contributed by atoms with Gasteiger partial charge in [-0.15, -0.1) is 0 Å². The number of hydrogen-bond donors (Lipinski definition) is 3. The van der Waals surface area contributed by atoms with E-state index in [1.807, 2.05) is 28.8 Å². The van der Waals surface area contributed by atoms with E-state index in [2.05, 4.69) is 13.8 Å². The summed E-state index contributed by atoms with van der Waals surface area (Å²) < 4.78 is 28.2. The lowest BCUT2D eigenvalue weighted by Crippen LogP contribution is -2.19. The van der Waals surface area contributed by atoms with Crippen molar-refractivity contribution in [2.24, 2.45) is 0 Å². The van der Waals surface area contributed by atoms with E-state index in [9.17, 15) is 23.7 Å². The zero-order valence-corrected chi connectivity index (χ0v) is 18.4. The lowest BCUT2D eigenvalue weighted by Gasteiger charge is -2.18. The molecule has 0 aliphatic carbocycles. The molecule has 0 spiro atoms. The molecule has 3 aromatic rings. The van der Waals surface area contributed by atoms with Gasteiger partial charge in [-0.1, -0.05) is 32.0 Å². The highest BCUT2D eigenvalue weighted by molar-refractivity contribution is 7.58. The summed E-state index contributed by atoms with van der Waals surface area (Å²) in [7, 11) is -3.77. The molecule has 0 saturated heterocycles. The third-order valence-corrected chi connectivity index (χ3v) is 7.20. The van der Waals surface area contributed by atoms with Gasteiger partial charge in [0.15, 0.2) is 0 Å². The van der Waals surface area contributed by atoms with E-state index in [4.69, 9.17) is 5.11 Å². The number of carbonyl (C=O) groups is 1. The second-order valence-corrected chi connectivity index (χ2v) is 10.6. The van der Waals surface area contributed by atoms with Crippen molar-refractivity contribution in [3.05, 3.63) is 65.6 Å². The number of hydrogen-bond acceptors (Lipinski definition) is 3. The monoisotopic (exact) mass is 447 g/mol. The van der Waals surface area contributed by atoms with Crippen molar-refractivity contribution in [3.63, 3.8) is 0 Å². The Bertz CT molecular complexity index is 1120. The van der Waals surface area contributed by atoms with E-state index in [1.165, 1.54) is 12.1 Å². The summed E-state index contributed by atoms with van der Waals surface area (Å²) in [6.45, 7) is 4.10. The summed E-state index contributed by atoms with van der Waals surface area (Å²) in [6.07, 6.45) is -2.25. The second kappa shape index (κ2) is 9.35. The number of aliphatic hydroxyl groups is 1. The number of para-hydroxylation sites is 1. The van der Waals surface area contributed by atoms with Gasteiger partial charge in [-0.3, -0.25) is 9.36 Å². The predicted molar refractivity (Wildman–Crippen MR) is 119 cm³/mol. The van der Waals surface area contributed by atoms with Crippen LogP contribution >= 0.6 is 7.37 Å². The van der Waals surface area contributed by atoms with Gasteiger partial charge in [-0.25, -0.2) is 4.39 Å². The molecule has 0 radical (unpaired) electrons. The summed E-state index contributed by atoms with van der Waals surface area (Å²) in [6, 6.07) is 13.9. The van der Waals surface area contributed by atoms with E-state index in [1.54, 1.807) is 12.1 Å². The number of carboxylic acid groups (broad SMARTS) is 1. The van der Waals surface area contributed by atoms with Crippen LogP contribution in [0.4, 0.5) is 4.39 Å². The largest absolute Gasteiger partial charge is 0.481 e. The Labute approximate surface area is 180 Å². The first kappa shape index (κ1) is 23.2. The Kier molecular flexibility index (Phi) is 6.99. The summed E-state index contributed by atoms with van der Waals surface area (Å²) in [5.74, 6) is -1.43. The molecule has 0 fully saturated rings. The molecule has 6 nitrogen and oxygen atoms in total. The fourth-order valence-corrected chi connectivity index (χ4v) is 5.59. The summed E-state index contributed by atoms with van der Waals surface area (Å²) in [5, 5.41) is 19.6. The highest BCUT2D eigenvalue weighted by Crippen LogP contribution is 2.44. The van der Waals surface area contributed by atoms with Crippen LogP contribution in [-0.2, 0) is 15.8 Å². The minimum absolute atomic E-state index is 0.0963. The van der Waals surface area contributed by atoms with Gasteiger partial charge in [-0.2, -0.15) is 0 Å². The second-order valence-electron chi connectivity index (χ2n) is 8.10. The molecule has 2 aromatic carbocycles. The van der Waals surface area contributed by atoms with Crippen LogP contribution in [0.3, 0.4) is 0 Å². The molecule has 166 valence electrons. The van der Waals surface area contributed by atoms with Gasteiger partial charge in [0.1, 0.15) is 5.82 Å². The molecule has 0 bridgehead atoms. The van der Waals surface area contributed by atoms with Crippen LogP contribution in [0.2, 0.25) is 0 Å². The molecule has 0 aliphatic heterocycles. The summed E-state index contributed by atoms with van der Waals surface area (Å²) in [4.78, 5) is 21.2. The molecular weight excluding hydrogens is 420 g/mol. The molecular formula is C23H27FNO5P. The van der Waals surface area contributed by atoms with Gasteiger partial charge >= 0.3 is 5.97 Å². The van der Waals surface area contributed by atoms with Crippen LogP contribution in [0.5, 0.6) is 0 Å². The smallest absolute Gasteiger partial charge is 0.305 e. The highest BCUT2D eigenvalue weighted by Gasteiger charge is 2.27. The zero-order valence-electron chi connectivity index (χ0n) is 17.5. The number of carboxylic acids is 1. The lowest BCUT2D eigenvalue weighted by molar-refractivity contribution is -0.138. The first-order valence-electron chi connectivity index (χ1n) is 10.2. The minimum atomic E-state index is -3.77. The summed E-state index contributed by atoms with van der Waals surface area (Å²) >= 11 is 0. The van der Waals surface area contributed by atoms with Crippen LogP contribution in [-0.4, -0.2) is 44.1 Å². The number of aliphatic hydroxyl groups excluding tert-OH is 1. The molecule has 1 aromatic heterocycles. The van der Waals surface area contributed by atoms with Crippen molar-refractivity contribution in [1.82, 2.24) is 4.57 Å². The maximum Gasteiger partial charge on any atom is 0.305 e. The first-order valence-corrected chi connectivity index (χ1v) is 12.2. The van der Waals surface area contributed by atoms with Crippen molar-refractivity contribution in [2.45, 2.75) is 38.7 Å². The molecule has 3 rings (SSSR count). The molecule has 0 saturated carbocycles. The standard InChI is InChI=1S/C23H27FNO5P/c1-15(2)23-19-5-3-4-6-20(19)25(17-9-7-16(24)8-10-17)21(23)11-12-31(29,30)14-18(26)13-22(27)28/h3-10,15,18,26H,11-14H2,1-2H3,(H,27,28)(H,29,30)/t18-/m0/s1. The summed E-state index contributed by atoms with van der Waals surface area (Å²) in [5.41, 5.74) is 3.57. The number of rotatable bonds is 9. The highest BCUT2D eigenvalue weighted by atomic mass is 31.2. The number of benzene rings is 2. The lowest BCUT2D eigenvalue weighted by atomic mass is 9.98. The van der Waals surface area contributed by atoms with Crippen LogP contribution in [0.1, 0.15) is 37.4 Å². The van der Waals surface area contributed by atoms with Gasteiger partial charge in [0.25, 0.3) is 0 Å². The first-order chi connectivity index (χ1) is 14.6. The van der Waals surface area contributed by atoms with Crippen molar-refractivity contribution < 1.29 is 28.9 Å². The normalized spacial score (nSPS) is 14.6. The van der Waals surface area contributed by atoms with E-state index in [-0.39, 0.29) is 24.3 Å². The topological polar surface area (TPSA) is 99.8 Å². The van der Waals surface area contributed by atoms with Gasteiger partial charge in [0.05, 0.1) is 24.2 Å². The minimum Gasteiger partial charge on any atom is -0.481 e. The Morgan fingerprint density at radius 2 is 1.77 bits per heavy atom. The number of fused-ring (bicyclic) bond motifs is 1. The number of nitrogens with zero attached hydrogens (tertiary/aromatic N) is 1. The maximum atomic E-state index is 13.5.